The maximum absolute atomic E-state index is 14.7. The molecule has 3 atom stereocenters. The fourth-order valence-electron chi connectivity index (χ4n) is 6.64. The summed E-state index contributed by atoms with van der Waals surface area (Å²) in [5.41, 5.74) is 9.30. The average molecular weight is 645 g/mol. The third-order valence-electron chi connectivity index (χ3n) is 9.34. The Hall–Kier alpha value is -5.11. The minimum Gasteiger partial charge on any atom is -0.457 e. The summed E-state index contributed by atoms with van der Waals surface area (Å²) in [6.07, 6.45) is 4.96. The van der Waals surface area contributed by atoms with E-state index in [0.29, 0.717) is 24.5 Å². The van der Waals surface area contributed by atoms with E-state index in [2.05, 4.69) is 17.1 Å². The second kappa shape index (κ2) is 15.2. The highest BCUT2D eigenvalue weighted by Gasteiger charge is 2.40. The molecule has 1 aliphatic heterocycles. The Balaban J connectivity index is 1.34. The number of anilines is 3. The normalized spacial score (nSPS) is 17.2. The quantitative estimate of drug-likeness (QED) is 0.149. The Kier molecular flexibility index (Phi) is 10.4. The lowest BCUT2D eigenvalue weighted by atomic mass is 9.82. The van der Waals surface area contributed by atoms with E-state index in [1.54, 1.807) is 4.90 Å². The highest BCUT2D eigenvalue weighted by Crippen LogP contribution is 2.40. The molecule has 6 rings (SSSR count). The van der Waals surface area contributed by atoms with Gasteiger partial charge in [0.25, 0.3) is 5.91 Å². The van der Waals surface area contributed by atoms with Crippen molar-refractivity contribution >= 4 is 34.8 Å². The summed E-state index contributed by atoms with van der Waals surface area (Å²) >= 11 is 0. The van der Waals surface area contributed by atoms with Crippen molar-refractivity contribution in [2.24, 2.45) is 23.5 Å². The van der Waals surface area contributed by atoms with Crippen LogP contribution < -0.4 is 25.6 Å². The minimum absolute atomic E-state index is 0.224. The standard InChI is InChI=1S/C40H44N4O4/c1-2-3-19-33(38(41)45)34(25-28-22-23-28)39(46)42-35-27-43(30-14-6-4-7-15-30)36-20-10-11-21-37(36)44(40(35)47)26-29-13-12-18-32(24-29)48-31-16-8-5-9-17-31/h4-18,20-21,24,28,33-35H,2-3,19,22-23,25-27H2,1H3,(H2,41,45)(H,42,46). The number of unbranched alkanes of at least 4 members (excludes halogenated alkanes) is 1. The van der Waals surface area contributed by atoms with Gasteiger partial charge in [0.1, 0.15) is 17.5 Å². The fraction of sp³-hybridized carbons (Fsp3) is 0.325. The van der Waals surface area contributed by atoms with Crippen molar-refractivity contribution in [3.63, 3.8) is 0 Å². The van der Waals surface area contributed by atoms with E-state index in [1.807, 2.05) is 109 Å². The van der Waals surface area contributed by atoms with Gasteiger partial charge in [-0.15, -0.1) is 0 Å². The van der Waals surface area contributed by atoms with E-state index < -0.39 is 23.8 Å². The van der Waals surface area contributed by atoms with Gasteiger partial charge in [0.05, 0.1) is 24.5 Å². The van der Waals surface area contributed by atoms with E-state index in [4.69, 9.17) is 10.5 Å². The number of para-hydroxylation sites is 4. The number of ether oxygens (including phenoxy) is 1. The molecule has 8 nitrogen and oxygen atoms in total. The van der Waals surface area contributed by atoms with Gasteiger partial charge in [0, 0.05) is 17.5 Å². The first kappa shape index (κ1) is 32.8. The Morgan fingerprint density at radius 1 is 0.854 bits per heavy atom. The molecule has 8 heteroatoms. The van der Waals surface area contributed by atoms with Crippen molar-refractivity contribution in [3.8, 4) is 11.5 Å². The molecule has 1 aliphatic carbocycles. The first-order chi connectivity index (χ1) is 23.4. The number of hydrogen-bond donors (Lipinski definition) is 2. The number of carbonyl (C=O) groups is 3. The first-order valence-corrected chi connectivity index (χ1v) is 17.1. The summed E-state index contributed by atoms with van der Waals surface area (Å²) in [7, 11) is 0. The van der Waals surface area contributed by atoms with Gasteiger partial charge in [0.15, 0.2) is 0 Å². The van der Waals surface area contributed by atoms with Gasteiger partial charge in [-0.05, 0) is 72.9 Å². The third-order valence-corrected chi connectivity index (χ3v) is 9.34. The minimum atomic E-state index is -0.879. The number of nitrogens with zero attached hydrogens (tertiary/aromatic N) is 2. The van der Waals surface area contributed by atoms with Crippen LogP contribution in [0.5, 0.6) is 11.5 Å². The fourth-order valence-corrected chi connectivity index (χ4v) is 6.64. The van der Waals surface area contributed by atoms with Crippen molar-refractivity contribution in [2.45, 2.75) is 58.0 Å². The second-order valence-corrected chi connectivity index (χ2v) is 12.9. The van der Waals surface area contributed by atoms with E-state index in [-0.39, 0.29) is 24.9 Å². The van der Waals surface area contributed by atoms with Crippen molar-refractivity contribution in [1.29, 1.82) is 0 Å². The lowest BCUT2D eigenvalue weighted by Crippen LogP contribution is -2.54. The monoisotopic (exact) mass is 644 g/mol. The van der Waals surface area contributed by atoms with Crippen LogP contribution in [-0.2, 0) is 20.9 Å². The highest BCUT2D eigenvalue weighted by atomic mass is 16.5. The van der Waals surface area contributed by atoms with Crippen LogP contribution in [0, 0.1) is 17.8 Å². The molecular weight excluding hydrogens is 600 g/mol. The molecule has 0 bridgehead atoms. The molecule has 1 heterocycles. The number of fused-ring (bicyclic) bond motifs is 1. The molecule has 0 saturated heterocycles. The van der Waals surface area contributed by atoms with Crippen molar-refractivity contribution in [2.75, 3.05) is 16.3 Å². The van der Waals surface area contributed by atoms with Gasteiger partial charge in [-0.1, -0.05) is 93.3 Å². The zero-order valence-electron chi connectivity index (χ0n) is 27.5. The molecule has 3 unspecified atom stereocenters. The average Bonchev–Trinajstić information content (AvgIpc) is 3.94. The molecule has 1 fully saturated rings. The van der Waals surface area contributed by atoms with Crippen molar-refractivity contribution in [3.05, 3.63) is 115 Å². The Labute approximate surface area is 282 Å². The van der Waals surface area contributed by atoms with Crippen molar-refractivity contribution < 1.29 is 19.1 Å². The molecule has 1 saturated carbocycles. The number of primary amides is 1. The molecule has 0 spiro atoms. The number of rotatable bonds is 14. The summed E-state index contributed by atoms with van der Waals surface area (Å²) < 4.78 is 6.10. The van der Waals surface area contributed by atoms with Crippen LogP contribution in [-0.4, -0.2) is 30.3 Å². The number of hydrogen-bond acceptors (Lipinski definition) is 5. The van der Waals surface area contributed by atoms with Crippen LogP contribution in [0.2, 0.25) is 0 Å². The Bertz CT molecular complexity index is 1710. The summed E-state index contributed by atoms with van der Waals surface area (Å²) in [5.74, 6) is -0.313. The van der Waals surface area contributed by atoms with E-state index in [9.17, 15) is 14.4 Å². The van der Waals surface area contributed by atoms with Gasteiger partial charge in [-0.3, -0.25) is 14.4 Å². The zero-order chi connectivity index (χ0) is 33.5. The van der Waals surface area contributed by atoms with Crippen LogP contribution in [0.3, 0.4) is 0 Å². The molecule has 248 valence electrons. The first-order valence-electron chi connectivity index (χ1n) is 17.1. The molecule has 3 N–H and O–H groups in total. The van der Waals surface area contributed by atoms with Crippen LogP contribution in [0.25, 0.3) is 0 Å². The van der Waals surface area contributed by atoms with Gasteiger partial charge < -0.3 is 25.6 Å². The third kappa shape index (κ3) is 7.88. The maximum Gasteiger partial charge on any atom is 0.251 e. The van der Waals surface area contributed by atoms with E-state index in [1.165, 1.54) is 0 Å². The van der Waals surface area contributed by atoms with Gasteiger partial charge in [-0.2, -0.15) is 0 Å². The number of nitrogens with two attached hydrogens (primary N) is 1. The van der Waals surface area contributed by atoms with Crippen LogP contribution >= 0.6 is 0 Å². The smallest absolute Gasteiger partial charge is 0.251 e. The molecular formula is C40H44N4O4. The lowest BCUT2D eigenvalue weighted by Gasteiger charge is -2.29. The second-order valence-electron chi connectivity index (χ2n) is 12.9. The van der Waals surface area contributed by atoms with Gasteiger partial charge in [-0.25, -0.2) is 0 Å². The maximum atomic E-state index is 14.7. The summed E-state index contributed by atoms with van der Waals surface area (Å²) in [5, 5.41) is 3.14. The Morgan fingerprint density at radius 3 is 2.21 bits per heavy atom. The summed E-state index contributed by atoms with van der Waals surface area (Å²) in [6, 6.07) is 34.1. The SMILES string of the molecule is CCCCC(C(N)=O)C(CC1CC1)C(=O)NC1CN(c2ccccc2)c2ccccc2N(Cc2cccc(Oc3ccccc3)c2)C1=O. The van der Waals surface area contributed by atoms with Gasteiger partial charge in [0.2, 0.25) is 11.8 Å². The molecule has 0 radical (unpaired) electrons. The number of amides is 3. The van der Waals surface area contributed by atoms with E-state index >= 15 is 0 Å². The summed E-state index contributed by atoms with van der Waals surface area (Å²) in [6.45, 7) is 2.56. The van der Waals surface area contributed by atoms with Crippen LogP contribution in [0.15, 0.2) is 109 Å². The van der Waals surface area contributed by atoms with Crippen LogP contribution in [0.4, 0.5) is 17.1 Å². The molecule has 3 amide bonds. The summed E-state index contributed by atoms with van der Waals surface area (Å²) in [4.78, 5) is 45.5. The lowest BCUT2D eigenvalue weighted by molar-refractivity contribution is -0.135. The molecule has 2 aliphatic rings. The molecule has 0 aromatic heterocycles. The topological polar surface area (TPSA) is 105 Å². The van der Waals surface area contributed by atoms with Gasteiger partial charge >= 0.3 is 0 Å². The number of nitrogens with one attached hydrogen (secondary N) is 1. The largest absolute Gasteiger partial charge is 0.457 e. The predicted molar refractivity (Wildman–Crippen MR) is 189 cm³/mol. The van der Waals surface area contributed by atoms with Crippen molar-refractivity contribution in [1.82, 2.24) is 5.32 Å². The molecule has 48 heavy (non-hydrogen) atoms. The van der Waals surface area contributed by atoms with Crippen LogP contribution in [0.1, 0.15) is 51.0 Å². The van der Waals surface area contributed by atoms with E-state index in [0.717, 1.165) is 54.1 Å². The number of carbonyl (C=O) groups excluding carboxylic acids is 3. The zero-order valence-corrected chi connectivity index (χ0v) is 27.5. The molecule has 4 aromatic rings. The molecule has 4 aromatic carbocycles. The predicted octanol–water partition coefficient (Wildman–Crippen LogP) is 7.36. The Morgan fingerprint density at radius 2 is 1.52 bits per heavy atom. The highest BCUT2D eigenvalue weighted by molar-refractivity contribution is 6.04. The number of benzene rings is 4.